The van der Waals surface area contributed by atoms with Gasteiger partial charge in [-0.05, 0) is 36.4 Å². The second-order valence-electron chi connectivity index (χ2n) is 5.45. The number of sulfonamides is 1. The average Bonchev–Trinajstić information content (AvgIpc) is 2.55. The number of benzene rings is 2. The van der Waals surface area contributed by atoms with E-state index in [1.807, 2.05) is 13.0 Å². The van der Waals surface area contributed by atoms with Gasteiger partial charge in [0.1, 0.15) is 0 Å². The van der Waals surface area contributed by atoms with Crippen LogP contribution in [0.25, 0.3) is 0 Å². The highest BCUT2D eigenvalue weighted by molar-refractivity contribution is 7.91. The lowest BCUT2D eigenvalue weighted by Gasteiger charge is -2.09. The fourth-order valence-corrected chi connectivity index (χ4v) is 3.46. The van der Waals surface area contributed by atoms with E-state index < -0.39 is 10.0 Å². The maximum atomic E-state index is 12.2. The highest BCUT2D eigenvalue weighted by Crippen LogP contribution is 2.15. The van der Waals surface area contributed by atoms with Gasteiger partial charge in [0.05, 0.1) is 5.75 Å². The summed E-state index contributed by atoms with van der Waals surface area (Å²) >= 11 is 0. The van der Waals surface area contributed by atoms with Gasteiger partial charge in [0.15, 0.2) is 5.78 Å². The second kappa shape index (κ2) is 8.61. The van der Waals surface area contributed by atoms with E-state index in [9.17, 15) is 13.2 Å². The number of ketones is 1. The molecule has 128 valence electrons. The van der Waals surface area contributed by atoms with E-state index in [1.54, 1.807) is 48.5 Å². The van der Waals surface area contributed by atoms with Crippen molar-refractivity contribution in [1.82, 2.24) is 5.32 Å². The van der Waals surface area contributed by atoms with E-state index in [0.717, 1.165) is 12.1 Å². The number of hydrogen-bond acceptors (Lipinski definition) is 4. The molecule has 0 bridgehead atoms. The van der Waals surface area contributed by atoms with Crippen LogP contribution < -0.4 is 10.0 Å². The molecule has 2 aromatic rings. The van der Waals surface area contributed by atoms with Crippen molar-refractivity contribution >= 4 is 21.5 Å². The summed E-state index contributed by atoms with van der Waals surface area (Å²) in [6.45, 7) is 3.46. The third-order valence-corrected chi connectivity index (χ3v) is 4.72. The third-order valence-electron chi connectivity index (χ3n) is 3.46. The molecule has 24 heavy (non-hydrogen) atoms. The van der Waals surface area contributed by atoms with E-state index in [0.29, 0.717) is 24.2 Å². The minimum Gasteiger partial charge on any atom is -0.317 e. The van der Waals surface area contributed by atoms with E-state index in [-0.39, 0.29) is 11.5 Å². The zero-order chi connectivity index (χ0) is 17.4. The van der Waals surface area contributed by atoms with Gasteiger partial charge < -0.3 is 5.32 Å². The van der Waals surface area contributed by atoms with Gasteiger partial charge in [0.25, 0.3) is 0 Å². The summed E-state index contributed by atoms with van der Waals surface area (Å²) in [4.78, 5) is 12.0. The molecule has 2 aromatic carbocycles. The van der Waals surface area contributed by atoms with Gasteiger partial charge in [-0.25, -0.2) is 8.42 Å². The van der Waals surface area contributed by atoms with Crippen LogP contribution in [0, 0.1) is 0 Å². The summed E-state index contributed by atoms with van der Waals surface area (Å²) < 4.78 is 26.9. The van der Waals surface area contributed by atoms with Crippen molar-refractivity contribution in [2.45, 2.75) is 19.1 Å². The lowest BCUT2D eigenvalue weighted by molar-refractivity contribution is 0.0983. The van der Waals surface area contributed by atoms with Crippen LogP contribution >= 0.6 is 0 Å². The Morgan fingerprint density at radius 3 is 2.29 bits per heavy atom. The fourth-order valence-electron chi connectivity index (χ4n) is 2.26. The van der Waals surface area contributed by atoms with E-state index in [2.05, 4.69) is 10.0 Å². The minimum atomic E-state index is -3.48. The maximum Gasteiger partial charge on any atom is 0.236 e. The zero-order valence-electron chi connectivity index (χ0n) is 13.7. The molecule has 0 spiro atoms. The predicted octanol–water partition coefficient (Wildman–Crippen LogP) is 2.81. The Morgan fingerprint density at radius 2 is 1.67 bits per heavy atom. The van der Waals surface area contributed by atoms with Crippen LogP contribution in [0.2, 0.25) is 0 Å². The summed E-state index contributed by atoms with van der Waals surface area (Å²) in [7, 11) is -3.48. The Labute approximate surface area is 143 Å². The highest BCUT2D eigenvalue weighted by Gasteiger charge is 2.12. The molecular formula is C18H22N2O3S. The Hall–Kier alpha value is -2.18. The molecular weight excluding hydrogens is 324 g/mol. The lowest BCUT2D eigenvalue weighted by Crippen LogP contribution is -2.17. The predicted molar refractivity (Wildman–Crippen MR) is 96.6 cm³/mol. The molecule has 2 rings (SSSR count). The lowest BCUT2D eigenvalue weighted by atomic mass is 10.1. The summed E-state index contributed by atoms with van der Waals surface area (Å²) in [6, 6.07) is 15.5. The summed E-state index contributed by atoms with van der Waals surface area (Å²) in [5.74, 6) is -0.0494. The molecule has 0 heterocycles. The van der Waals surface area contributed by atoms with Crippen molar-refractivity contribution in [3.8, 4) is 0 Å². The number of hydrogen-bond donors (Lipinski definition) is 2. The molecule has 0 aliphatic carbocycles. The molecule has 0 aliphatic heterocycles. The minimum absolute atomic E-state index is 0.0367. The van der Waals surface area contributed by atoms with Gasteiger partial charge in [-0.3, -0.25) is 9.52 Å². The number of rotatable bonds is 9. The molecule has 0 radical (unpaired) electrons. The van der Waals surface area contributed by atoms with Crippen LogP contribution in [-0.2, 0) is 15.8 Å². The molecule has 0 aliphatic rings. The van der Waals surface area contributed by atoms with Gasteiger partial charge in [0, 0.05) is 24.2 Å². The van der Waals surface area contributed by atoms with Crippen LogP contribution in [0.15, 0.2) is 54.6 Å². The average molecular weight is 346 g/mol. The normalized spacial score (nSPS) is 11.2. The molecule has 0 fully saturated rings. The van der Waals surface area contributed by atoms with Gasteiger partial charge in [-0.15, -0.1) is 0 Å². The molecule has 0 atom stereocenters. The monoisotopic (exact) mass is 346 g/mol. The van der Waals surface area contributed by atoms with Crippen LogP contribution in [0.3, 0.4) is 0 Å². The number of Topliss-reactive ketones (excluding diaryl/α,β-unsaturated/α-hetero) is 1. The largest absolute Gasteiger partial charge is 0.317 e. The van der Waals surface area contributed by atoms with Crippen LogP contribution in [0.4, 0.5) is 5.69 Å². The van der Waals surface area contributed by atoms with Gasteiger partial charge >= 0.3 is 0 Å². The molecule has 6 heteroatoms. The smallest absolute Gasteiger partial charge is 0.236 e. The van der Waals surface area contributed by atoms with E-state index in [4.69, 9.17) is 0 Å². The number of nitrogens with one attached hydrogen (secondary N) is 2. The molecule has 0 saturated heterocycles. The first-order valence-corrected chi connectivity index (χ1v) is 9.54. The van der Waals surface area contributed by atoms with Crippen molar-refractivity contribution < 1.29 is 13.2 Å². The number of carbonyl (C=O) groups is 1. The van der Waals surface area contributed by atoms with Crippen molar-refractivity contribution in [3.63, 3.8) is 0 Å². The van der Waals surface area contributed by atoms with E-state index in [1.165, 1.54) is 0 Å². The van der Waals surface area contributed by atoms with Crippen LogP contribution in [-0.4, -0.2) is 27.3 Å². The van der Waals surface area contributed by atoms with Crippen LogP contribution in [0.1, 0.15) is 29.3 Å². The Bertz CT molecular complexity index is 757. The first-order chi connectivity index (χ1) is 11.5. The SMILES string of the molecule is CCNCCC(=O)c1ccc(NS(=O)(=O)Cc2ccccc2)cc1. The topological polar surface area (TPSA) is 75.3 Å². The van der Waals surface area contributed by atoms with Crippen molar-refractivity contribution in [3.05, 3.63) is 65.7 Å². The molecule has 0 saturated carbocycles. The number of carbonyl (C=O) groups excluding carboxylic acids is 1. The summed E-state index contributed by atoms with van der Waals surface area (Å²) in [5.41, 5.74) is 1.76. The van der Waals surface area contributed by atoms with Crippen molar-refractivity contribution in [1.29, 1.82) is 0 Å². The molecule has 2 N–H and O–H groups in total. The van der Waals surface area contributed by atoms with Gasteiger partial charge in [-0.1, -0.05) is 37.3 Å². The summed E-state index contributed by atoms with van der Waals surface area (Å²) in [6.07, 6.45) is 0.424. The van der Waals surface area contributed by atoms with Crippen LogP contribution in [0.5, 0.6) is 0 Å². The van der Waals surface area contributed by atoms with E-state index >= 15 is 0 Å². The second-order valence-corrected chi connectivity index (χ2v) is 7.17. The van der Waals surface area contributed by atoms with Gasteiger partial charge in [0.2, 0.25) is 10.0 Å². The Balaban J connectivity index is 1.96. The molecule has 0 aromatic heterocycles. The standard InChI is InChI=1S/C18H22N2O3S/c1-2-19-13-12-18(21)16-8-10-17(11-9-16)20-24(22,23)14-15-6-4-3-5-7-15/h3-11,19-20H,2,12-14H2,1H3. The summed E-state index contributed by atoms with van der Waals surface area (Å²) in [5, 5.41) is 3.10. The third kappa shape index (κ3) is 5.79. The number of anilines is 1. The quantitative estimate of drug-likeness (QED) is 0.541. The fraction of sp³-hybridized carbons (Fsp3) is 0.278. The van der Waals surface area contributed by atoms with Crippen molar-refractivity contribution in [2.75, 3.05) is 17.8 Å². The molecule has 0 unspecified atom stereocenters. The van der Waals surface area contributed by atoms with Crippen molar-refractivity contribution in [2.24, 2.45) is 0 Å². The molecule has 5 nitrogen and oxygen atoms in total. The molecule has 0 amide bonds. The van der Waals surface area contributed by atoms with Gasteiger partial charge in [-0.2, -0.15) is 0 Å². The zero-order valence-corrected chi connectivity index (χ0v) is 14.5. The maximum absolute atomic E-state index is 12.2. The Morgan fingerprint density at radius 1 is 1.00 bits per heavy atom. The first kappa shape index (κ1) is 18.2. The Kier molecular flexibility index (Phi) is 6.52. The first-order valence-electron chi connectivity index (χ1n) is 7.88. The highest BCUT2D eigenvalue weighted by atomic mass is 32.2.